The highest BCUT2D eigenvalue weighted by Crippen LogP contribution is 2.29. The molecule has 3 nitrogen and oxygen atoms in total. The number of thiazole rings is 1. The molecule has 0 fully saturated rings. The molecule has 4 heteroatoms. The second kappa shape index (κ2) is 5.20. The number of rotatable bonds is 3. The average molecular weight is 267 g/mol. The summed E-state index contributed by atoms with van der Waals surface area (Å²) in [4.78, 5) is 9.94. The van der Waals surface area contributed by atoms with Gasteiger partial charge < -0.3 is 5.32 Å². The lowest BCUT2D eigenvalue weighted by molar-refractivity contribution is 1.19. The number of nitrogens with zero attached hydrogens (tertiary/aromatic N) is 2. The Morgan fingerprint density at radius 3 is 2.63 bits per heavy atom. The van der Waals surface area contributed by atoms with E-state index in [2.05, 4.69) is 27.4 Å². The minimum absolute atomic E-state index is 0.828. The van der Waals surface area contributed by atoms with Crippen molar-refractivity contribution in [2.24, 2.45) is 0 Å². The lowest BCUT2D eigenvalue weighted by atomic mass is 10.2. The molecule has 2 heterocycles. The first kappa shape index (κ1) is 11.9. The Balaban J connectivity index is 1.82. The minimum Gasteiger partial charge on any atom is -0.316 e. The van der Waals surface area contributed by atoms with E-state index in [9.17, 15) is 0 Å². The molecule has 0 radical (unpaired) electrons. The normalized spacial score (nSPS) is 10.4. The van der Waals surface area contributed by atoms with Crippen molar-refractivity contribution in [3.05, 3.63) is 60.4 Å². The van der Waals surface area contributed by atoms with E-state index < -0.39 is 0 Å². The zero-order chi connectivity index (χ0) is 13.1. The summed E-state index contributed by atoms with van der Waals surface area (Å²) >= 11 is 1.62. The maximum absolute atomic E-state index is 4.41. The molecular weight excluding hydrogens is 254 g/mol. The van der Waals surface area contributed by atoms with Crippen LogP contribution in [0.2, 0.25) is 0 Å². The molecule has 0 aliphatic carbocycles. The summed E-state index contributed by atoms with van der Waals surface area (Å²) < 4.78 is 0. The highest BCUT2D eigenvalue weighted by molar-refractivity contribution is 7.18. The standard InChI is InChI=1S/C15H13N3S/c1-11-6-5-9-14(17-11)18-15-16-10-13(19-15)12-7-3-2-4-8-12/h2-10H,1H3,(H,16,17,18). The van der Waals surface area contributed by atoms with Gasteiger partial charge in [-0.25, -0.2) is 9.97 Å². The van der Waals surface area contributed by atoms with Gasteiger partial charge in [-0.05, 0) is 24.6 Å². The molecule has 0 bridgehead atoms. The molecule has 1 N–H and O–H groups in total. The smallest absolute Gasteiger partial charge is 0.188 e. The van der Waals surface area contributed by atoms with Crippen LogP contribution in [0.25, 0.3) is 10.4 Å². The first-order valence-corrected chi connectivity index (χ1v) is 6.85. The summed E-state index contributed by atoms with van der Waals surface area (Å²) in [5, 5.41) is 4.09. The van der Waals surface area contributed by atoms with E-state index in [1.165, 1.54) is 5.56 Å². The zero-order valence-electron chi connectivity index (χ0n) is 10.5. The summed E-state index contributed by atoms with van der Waals surface area (Å²) in [6, 6.07) is 16.1. The molecule has 0 atom stereocenters. The quantitative estimate of drug-likeness (QED) is 0.770. The monoisotopic (exact) mass is 267 g/mol. The first-order chi connectivity index (χ1) is 9.31. The van der Waals surface area contributed by atoms with Crippen LogP contribution < -0.4 is 5.32 Å². The van der Waals surface area contributed by atoms with Gasteiger partial charge in [-0.3, -0.25) is 0 Å². The third-order valence-corrected chi connectivity index (χ3v) is 3.65. The number of benzene rings is 1. The van der Waals surface area contributed by atoms with Gasteiger partial charge >= 0.3 is 0 Å². The predicted molar refractivity (Wildman–Crippen MR) is 79.8 cm³/mol. The summed E-state index contributed by atoms with van der Waals surface area (Å²) in [6.07, 6.45) is 1.89. The molecule has 0 aliphatic rings. The number of aromatic nitrogens is 2. The Morgan fingerprint density at radius 2 is 1.84 bits per heavy atom. The van der Waals surface area contributed by atoms with Crippen molar-refractivity contribution in [2.45, 2.75) is 6.92 Å². The zero-order valence-corrected chi connectivity index (χ0v) is 11.3. The van der Waals surface area contributed by atoms with Gasteiger partial charge in [-0.2, -0.15) is 0 Å². The number of anilines is 2. The van der Waals surface area contributed by atoms with Gasteiger partial charge in [-0.1, -0.05) is 47.7 Å². The fraction of sp³-hybridized carbons (Fsp3) is 0.0667. The van der Waals surface area contributed by atoms with Gasteiger partial charge in [0.15, 0.2) is 5.13 Å². The molecule has 0 amide bonds. The molecule has 3 rings (SSSR count). The van der Waals surface area contributed by atoms with Crippen LogP contribution in [-0.2, 0) is 0 Å². The third kappa shape index (κ3) is 2.80. The van der Waals surface area contributed by atoms with Gasteiger partial charge in [0.1, 0.15) is 5.82 Å². The summed E-state index contributed by atoms with van der Waals surface area (Å²) in [5.41, 5.74) is 2.18. The van der Waals surface area contributed by atoms with Crippen molar-refractivity contribution in [1.29, 1.82) is 0 Å². The van der Waals surface area contributed by atoms with Gasteiger partial charge in [0.2, 0.25) is 0 Å². The van der Waals surface area contributed by atoms with E-state index in [1.807, 2.05) is 49.5 Å². The van der Waals surface area contributed by atoms with E-state index in [-0.39, 0.29) is 0 Å². The molecule has 19 heavy (non-hydrogen) atoms. The number of nitrogens with one attached hydrogen (secondary N) is 1. The molecule has 94 valence electrons. The summed E-state index contributed by atoms with van der Waals surface area (Å²) in [7, 11) is 0. The van der Waals surface area contributed by atoms with Gasteiger partial charge in [0.25, 0.3) is 0 Å². The number of hydrogen-bond acceptors (Lipinski definition) is 4. The lowest BCUT2D eigenvalue weighted by Gasteiger charge is -2.01. The van der Waals surface area contributed by atoms with Crippen LogP contribution in [0.15, 0.2) is 54.7 Å². The van der Waals surface area contributed by atoms with Gasteiger partial charge in [0.05, 0.1) is 4.88 Å². The Morgan fingerprint density at radius 1 is 1.00 bits per heavy atom. The van der Waals surface area contributed by atoms with Crippen LogP contribution in [0.1, 0.15) is 5.69 Å². The van der Waals surface area contributed by atoms with Crippen molar-refractivity contribution in [1.82, 2.24) is 9.97 Å². The molecule has 0 spiro atoms. The van der Waals surface area contributed by atoms with Crippen molar-refractivity contribution >= 4 is 22.3 Å². The van der Waals surface area contributed by atoms with E-state index in [0.717, 1.165) is 21.5 Å². The van der Waals surface area contributed by atoms with Crippen molar-refractivity contribution in [2.75, 3.05) is 5.32 Å². The molecule has 3 aromatic rings. The highest BCUT2D eigenvalue weighted by Gasteiger charge is 2.04. The Hall–Kier alpha value is -2.20. The summed E-state index contributed by atoms with van der Waals surface area (Å²) in [5.74, 6) is 0.828. The maximum Gasteiger partial charge on any atom is 0.188 e. The summed E-state index contributed by atoms with van der Waals surface area (Å²) in [6.45, 7) is 1.97. The van der Waals surface area contributed by atoms with Crippen LogP contribution in [0.5, 0.6) is 0 Å². The fourth-order valence-electron chi connectivity index (χ4n) is 1.79. The Kier molecular flexibility index (Phi) is 3.25. The van der Waals surface area contributed by atoms with E-state index in [0.29, 0.717) is 0 Å². The van der Waals surface area contributed by atoms with Crippen LogP contribution in [0.3, 0.4) is 0 Å². The molecule has 0 unspecified atom stereocenters. The SMILES string of the molecule is Cc1cccc(Nc2ncc(-c3ccccc3)s2)n1. The Labute approximate surface area is 116 Å². The second-order valence-electron chi connectivity index (χ2n) is 4.18. The lowest BCUT2D eigenvalue weighted by Crippen LogP contribution is -1.93. The van der Waals surface area contributed by atoms with Crippen molar-refractivity contribution in [3.8, 4) is 10.4 Å². The van der Waals surface area contributed by atoms with Crippen LogP contribution in [0, 0.1) is 6.92 Å². The van der Waals surface area contributed by atoms with Crippen LogP contribution in [0.4, 0.5) is 10.9 Å². The molecule has 0 saturated heterocycles. The number of pyridine rings is 1. The molecule has 0 aliphatic heterocycles. The predicted octanol–water partition coefficient (Wildman–Crippen LogP) is 4.26. The molecule has 2 aromatic heterocycles. The van der Waals surface area contributed by atoms with Gasteiger partial charge in [-0.15, -0.1) is 0 Å². The van der Waals surface area contributed by atoms with Crippen molar-refractivity contribution in [3.63, 3.8) is 0 Å². The highest BCUT2D eigenvalue weighted by atomic mass is 32.1. The maximum atomic E-state index is 4.41. The van der Waals surface area contributed by atoms with E-state index in [1.54, 1.807) is 11.3 Å². The first-order valence-electron chi connectivity index (χ1n) is 6.03. The van der Waals surface area contributed by atoms with Crippen LogP contribution in [-0.4, -0.2) is 9.97 Å². The number of aryl methyl sites for hydroxylation is 1. The minimum atomic E-state index is 0.828. The number of hydrogen-bond donors (Lipinski definition) is 1. The van der Waals surface area contributed by atoms with Crippen LogP contribution >= 0.6 is 11.3 Å². The third-order valence-electron chi connectivity index (χ3n) is 2.69. The average Bonchev–Trinajstić information content (AvgIpc) is 2.88. The van der Waals surface area contributed by atoms with E-state index in [4.69, 9.17) is 0 Å². The fourth-order valence-corrected chi connectivity index (χ4v) is 2.62. The van der Waals surface area contributed by atoms with Gasteiger partial charge in [0, 0.05) is 11.9 Å². The molecule has 1 aromatic carbocycles. The largest absolute Gasteiger partial charge is 0.316 e. The Bertz CT molecular complexity index is 677. The topological polar surface area (TPSA) is 37.8 Å². The van der Waals surface area contributed by atoms with E-state index >= 15 is 0 Å². The molecular formula is C15H13N3S. The van der Waals surface area contributed by atoms with Crippen molar-refractivity contribution < 1.29 is 0 Å². The molecule has 0 saturated carbocycles. The second-order valence-corrected chi connectivity index (χ2v) is 5.22.